The fourth-order valence-electron chi connectivity index (χ4n) is 6.38. The lowest BCUT2D eigenvalue weighted by Crippen LogP contribution is -2.42. The highest BCUT2D eigenvalue weighted by atomic mass is 16.5. The van der Waals surface area contributed by atoms with Crippen LogP contribution in [0, 0.1) is 5.92 Å². The summed E-state index contributed by atoms with van der Waals surface area (Å²) >= 11 is 0. The minimum absolute atomic E-state index is 0.152. The average molecular weight is 424 g/mol. The van der Waals surface area contributed by atoms with E-state index in [4.69, 9.17) is 9.72 Å². The third kappa shape index (κ3) is 3.85. The Morgan fingerprint density at radius 1 is 1.06 bits per heavy atom. The molecule has 1 aliphatic heterocycles. The summed E-state index contributed by atoms with van der Waals surface area (Å²) in [4.78, 5) is 19.6. The van der Waals surface area contributed by atoms with Gasteiger partial charge in [0, 0.05) is 24.1 Å². The Morgan fingerprint density at radius 3 is 2.55 bits per heavy atom. The normalized spacial score (nSPS) is 22.8. The van der Waals surface area contributed by atoms with Crippen LogP contribution in [0.1, 0.15) is 95.0 Å². The van der Waals surface area contributed by atoms with E-state index < -0.39 is 0 Å². The minimum Gasteiger partial charge on any atom is -0.452 e. The van der Waals surface area contributed by atoms with Crippen molar-refractivity contribution < 1.29 is 9.53 Å². The lowest BCUT2D eigenvalue weighted by molar-refractivity contribution is 0.175. The molecule has 2 aromatic rings. The van der Waals surface area contributed by atoms with E-state index in [1.54, 1.807) is 0 Å². The van der Waals surface area contributed by atoms with Crippen LogP contribution >= 0.6 is 0 Å². The van der Waals surface area contributed by atoms with Crippen molar-refractivity contribution in [3.8, 4) is 0 Å². The molecule has 5 heteroatoms. The van der Waals surface area contributed by atoms with Gasteiger partial charge >= 0.3 is 6.09 Å². The molecule has 0 unspecified atom stereocenters. The van der Waals surface area contributed by atoms with Crippen molar-refractivity contribution in [3.05, 3.63) is 23.5 Å². The summed E-state index contributed by atoms with van der Waals surface area (Å²) < 4.78 is 7.71. The van der Waals surface area contributed by atoms with E-state index in [-0.39, 0.29) is 12.1 Å². The Morgan fingerprint density at radius 2 is 1.81 bits per heavy atom. The molecule has 31 heavy (non-hydrogen) atoms. The molecule has 3 aliphatic rings. The van der Waals surface area contributed by atoms with Gasteiger partial charge in [0.1, 0.15) is 5.82 Å². The predicted molar refractivity (Wildman–Crippen MR) is 125 cm³/mol. The molecule has 2 fully saturated rings. The minimum atomic E-state index is -0.263. The molecular weight excluding hydrogens is 386 g/mol. The van der Waals surface area contributed by atoms with Gasteiger partial charge in [0.15, 0.2) is 0 Å². The average Bonchev–Trinajstić information content (AvgIpc) is 3.45. The highest BCUT2D eigenvalue weighted by Crippen LogP contribution is 2.40. The lowest BCUT2D eigenvalue weighted by Gasteiger charge is -2.34. The van der Waals surface area contributed by atoms with Crippen LogP contribution < -0.4 is 4.90 Å². The van der Waals surface area contributed by atoms with Gasteiger partial charge < -0.3 is 9.30 Å². The zero-order valence-electron chi connectivity index (χ0n) is 19.2. The van der Waals surface area contributed by atoms with Gasteiger partial charge in [-0.2, -0.15) is 0 Å². The molecule has 0 spiro atoms. The summed E-state index contributed by atoms with van der Waals surface area (Å²) in [5.41, 5.74) is 4.64. The number of fused-ring (bicyclic) bond motifs is 3. The van der Waals surface area contributed by atoms with Crippen LogP contribution in [0.4, 0.5) is 10.5 Å². The van der Waals surface area contributed by atoms with Gasteiger partial charge in [-0.15, -0.1) is 0 Å². The SMILES string of the molecule is COC(=O)N1c2ccc3c(nc(CCC4CCCC4)n3C3CCCCC3)c2CC[C@@H]1C. The second kappa shape index (κ2) is 8.84. The first-order valence-corrected chi connectivity index (χ1v) is 12.6. The number of hydrogen-bond donors (Lipinski definition) is 0. The third-order valence-corrected chi connectivity index (χ3v) is 8.09. The van der Waals surface area contributed by atoms with Gasteiger partial charge in [-0.05, 0) is 57.1 Å². The van der Waals surface area contributed by atoms with Crippen LogP contribution in [0.2, 0.25) is 0 Å². The Labute approximate surface area is 186 Å². The number of aryl methyl sites for hydroxylation is 2. The molecule has 168 valence electrons. The summed E-state index contributed by atoms with van der Waals surface area (Å²) in [6.07, 6.45) is 16.2. The second-order valence-electron chi connectivity index (χ2n) is 10.0. The van der Waals surface area contributed by atoms with Crippen molar-refractivity contribution in [2.75, 3.05) is 12.0 Å². The zero-order chi connectivity index (χ0) is 21.4. The first kappa shape index (κ1) is 20.8. The van der Waals surface area contributed by atoms with Crippen molar-refractivity contribution in [1.82, 2.24) is 9.55 Å². The maximum atomic E-state index is 12.5. The molecule has 1 atom stereocenters. The number of carbonyl (C=O) groups is 1. The number of nitrogens with zero attached hydrogens (tertiary/aromatic N) is 3. The fourth-order valence-corrected chi connectivity index (χ4v) is 6.38. The van der Waals surface area contributed by atoms with E-state index in [0.717, 1.165) is 36.4 Å². The number of amides is 1. The Balaban J connectivity index is 1.57. The maximum Gasteiger partial charge on any atom is 0.414 e. The highest BCUT2D eigenvalue weighted by Gasteiger charge is 2.32. The first-order chi connectivity index (χ1) is 15.2. The number of anilines is 1. The number of aromatic nitrogens is 2. The maximum absolute atomic E-state index is 12.5. The Kier molecular flexibility index (Phi) is 5.94. The number of hydrogen-bond acceptors (Lipinski definition) is 3. The summed E-state index contributed by atoms with van der Waals surface area (Å²) in [7, 11) is 1.47. The molecule has 2 aliphatic carbocycles. The topological polar surface area (TPSA) is 47.4 Å². The predicted octanol–water partition coefficient (Wildman–Crippen LogP) is 6.57. The largest absolute Gasteiger partial charge is 0.452 e. The van der Waals surface area contributed by atoms with Crippen molar-refractivity contribution in [2.45, 2.75) is 102 Å². The number of ether oxygens (including phenoxy) is 1. The summed E-state index contributed by atoms with van der Waals surface area (Å²) in [6.45, 7) is 2.11. The van der Waals surface area contributed by atoms with E-state index in [1.807, 2.05) is 4.90 Å². The first-order valence-electron chi connectivity index (χ1n) is 12.6. The summed E-state index contributed by atoms with van der Waals surface area (Å²) in [5, 5.41) is 0. The quantitative estimate of drug-likeness (QED) is 0.558. The zero-order valence-corrected chi connectivity index (χ0v) is 19.2. The third-order valence-electron chi connectivity index (χ3n) is 8.09. The molecule has 5 nitrogen and oxygen atoms in total. The van der Waals surface area contributed by atoms with Gasteiger partial charge in [0.05, 0.1) is 23.8 Å². The van der Waals surface area contributed by atoms with Gasteiger partial charge in [-0.25, -0.2) is 9.78 Å². The molecule has 1 amide bonds. The van der Waals surface area contributed by atoms with Crippen molar-refractivity contribution >= 4 is 22.8 Å². The Bertz CT molecular complexity index is 938. The van der Waals surface area contributed by atoms with E-state index >= 15 is 0 Å². The molecule has 2 heterocycles. The van der Waals surface area contributed by atoms with E-state index in [2.05, 4.69) is 23.6 Å². The standard InChI is InChI=1S/C26H37N3O2/c1-18-12-14-21-22(28(18)26(30)31-2)15-16-23-25(21)27-24(17-13-19-8-6-7-9-19)29(23)20-10-4-3-5-11-20/h15-16,18-20H,3-14,17H2,1-2H3/t18-/m0/s1. The lowest BCUT2D eigenvalue weighted by atomic mass is 9.93. The van der Waals surface area contributed by atoms with Crippen molar-refractivity contribution in [3.63, 3.8) is 0 Å². The number of rotatable bonds is 4. The van der Waals surface area contributed by atoms with Crippen molar-refractivity contribution in [2.24, 2.45) is 5.92 Å². The molecular formula is C26H37N3O2. The van der Waals surface area contributed by atoms with E-state index in [9.17, 15) is 4.79 Å². The molecule has 5 rings (SSSR count). The van der Waals surface area contributed by atoms with Gasteiger partial charge in [-0.3, -0.25) is 4.90 Å². The van der Waals surface area contributed by atoms with Crippen LogP contribution in [0.5, 0.6) is 0 Å². The van der Waals surface area contributed by atoms with Crippen LogP contribution in [-0.4, -0.2) is 28.8 Å². The number of carbonyl (C=O) groups excluding carboxylic acids is 1. The van der Waals surface area contributed by atoms with Crippen LogP contribution in [0.25, 0.3) is 11.0 Å². The van der Waals surface area contributed by atoms with E-state index in [0.29, 0.717) is 6.04 Å². The molecule has 0 radical (unpaired) electrons. The number of imidazole rings is 1. The number of benzene rings is 1. The number of methoxy groups -OCH3 is 1. The fraction of sp³-hybridized carbons (Fsp3) is 0.692. The molecule has 0 bridgehead atoms. The van der Waals surface area contributed by atoms with Gasteiger partial charge in [-0.1, -0.05) is 44.9 Å². The molecule has 0 N–H and O–H groups in total. The highest BCUT2D eigenvalue weighted by molar-refractivity contribution is 5.95. The van der Waals surface area contributed by atoms with Gasteiger partial charge in [0.2, 0.25) is 0 Å². The molecule has 2 saturated carbocycles. The molecule has 1 aromatic carbocycles. The summed E-state index contributed by atoms with van der Waals surface area (Å²) in [6, 6.07) is 5.10. The van der Waals surface area contributed by atoms with Crippen LogP contribution in [0.3, 0.4) is 0 Å². The molecule has 0 saturated heterocycles. The van der Waals surface area contributed by atoms with E-state index in [1.165, 1.54) is 88.2 Å². The van der Waals surface area contributed by atoms with Crippen LogP contribution in [-0.2, 0) is 17.6 Å². The second-order valence-corrected chi connectivity index (χ2v) is 10.0. The monoisotopic (exact) mass is 423 g/mol. The van der Waals surface area contributed by atoms with Crippen LogP contribution in [0.15, 0.2) is 12.1 Å². The van der Waals surface area contributed by atoms with Crippen molar-refractivity contribution in [1.29, 1.82) is 0 Å². The smallest absolute Gasteiger partial charge is 0.414 e. The van der Waals surface area contributed by atoms with Gasteiger partial charge in [0.25, 0.3) is 0 Å². The molecule has 1 aromatic heterocycles. The summed E-state index contributed by atoms with van der Waals surface area (Å²) in [5.74, 6) is 2.16. The Hall–Kier alpha value is -2.04.